The first-order valence-electron chi connectivity index (χ1n) is 7.72. The molecule has 128 valence electrons. The Hall–Kier alpha value is -2.60. The fraction of sp³-hybridized carbons (Fsp3) is 0.333. The van der Waals surface area contributed by atoms with Gasteiger partial charge in [-0.2, -0.15) is 0 Å². The SMILES string of the molecule is CC(C)COCC(NC(=O)c1ccc(C(=O)O)cc1)c1ccco1. The van der Waals surface area contributed by atoms with Gasteiger partial charge in [0.1, 0.15) is 11.8 Å². The quantitative estimate of drug-likeness (QED) is 0.776. The van der Waals surface area contributed by atoms with Crippen LogP contribution in [0, 0.1) is 5.92 Å². The van der Waals surface area contributed by atoms with Crippen molar-refractivity contribution in [2.24, 2.45) is 5.92 Å². The molecule has 0 fully saturated rings. The maximum absolute atomic E-state index is 12.4. The van der Waals surface area contributed by atoms with E-state index in [1.54, 1.807) is 18.4 Å². The molecule has 2 rings (SSSR count). The number of furan rings is 1. The Labute approximate surface area is 140 Å². The van der Waals surface area contributed by atoms with Crippen LogP contribution in [0.15, 0.2) is 47.1 Å². The average Bonchev–Trinajstić information content (AvgIpc) is 3.08. The van der Waals surface area contributed by atoms with E-state index in [-0.39, 0.29) is 11.5 Å². The normalized spacial score (nSPS) is 12.1. The van der Waals surface area contributed by atoms with Gasteiger partial charge >= 0.3 is 5.97 Å². The van der Waals surface area contributed by atoms with E-state index in [0.29, 0.717) is 30.5 Å². The molecule has 0 aliphatic carbocycles. The number of nitrogens with one attached hydrogen (secondary N) is 1. The molecule has 1 heterocycles. The van der Waals surface area contributed by atoms with E-state index >= 15 is 0 Å². The number of benzene rings is 1. The molecule has 1 aromatic heterocycles. The number of hydrogen-bond acceptors (Lipinski definition) is 4. The third kappa shape index (κ3) is 4.96. The van der Waals surface area contributed by atoms with Crippen molar-refractivity contribution in [3.8, 4) is 0 Å². The first kappa shape index (κ1) is 17.7. The molecule has 1 atom stereocenters. The van der Waals surface area contributed by atoms with Crippen LogP contribution >= 0.6 is 0 Å². The maximum atomic E-state index is 12.4. The van der Waals surface area contributed by atoms with E-state index in [1.807, 2.05) is 13.8 Å². The van der Waals surface area contributed by atoms with Crippen LogP contribution in [-0.2, 0) is 4.74 Å². The fourth-order valence-electron chi connectivity index (χ4n) is 2.11. The second-order valence-electron chi connectivity index (χ2n) is 5.86. The van der Waals surface area contributed by atoms with Crippen LogP contribution in [0.4, 0.5) is 0 Å². The molecule has 1 aromatic carbocycles. The molecule has 2 N–H and O–H groups in total. The summed E-state index contributed by atoms with van der Waals surface area (Å²) in [5.74, 6) is -0.352. The summed E-state index contributed by atoms with van der Waals surface area (Å²) < 4.78 is 11.0. The summed E-state index contributed by atoms with van der Waals surface area (Å²) in [4.78, 5) is 23.2. The summed E-state index contributed by atoms with van der Waals surface area (Å²) in [6.07, 6.45) is 1.54. The zero-order valence-corrected chi connectivity index (χ0v) is 13.7. The molecule has 0 aliphatic rings. The van der Waals surface area contributed by atoms with Crippen molar-refractivity contribution in [1.29, 1.82) is 0 Å². The molecule has 0 radical (unpaired) electrons. The second kappa shape index (κ2) is 8.31. The molecule has 0 saturated heterocycles. The van der Waals surface area contributed by atoms with Gasteiger partial charge in [0.25, 0.3) is 5.91 Å². The van der Waals surface area contributed by atoms with Crippen molar-refractivity contribution in [3.63, 3.8) is 0 Å². The molecule has 6 heteroatoms. The van der Waals surface area contributed by atoms with E-state index in [4.69, 9.17) is 14.3 Å². The fourth-order valence-corrected chi connectivity index (χ4v) is 2.11. The number of carbonyl (C=O) groups excluding carboxylic acids is 1. The molecule has 2 aromatic rings. The minimum atomic E-state index is -1.03. The molecule has 0 spiro atoms. The zero-order valence-electron chi connectivity index (χ0n) is 13.7. The Morgan fingerprint density at radius 2 is 1.79 bits per heavy atom. The highest BCUT2D eigenvalue weighted by Gasteiger charge is 2.19. The Morgan fingerprint density at radius 3 is 2.33 bits per heavy atom. The van der Waals surface area contributed by atoms with Crippen LogP contribution in [0.5, 0.6) is 0 Å². The monoisotopic (exact) mass is 331 g/mol. The number of carbonyl (C=O) groups is 2. The lowest BCUT2D eigenvalue weighted by molar-refractivity contribution is 0.0695. The van der Waals surface area contributed by atoms with Crippen LogP contribution in [0.25, 0.3) is 0 Å². The summed E-state index contributed by atoms with van der Waals surface area (Å²) >= 11 is 0. The van der Waals surface area contributed by atoms with Gasteiger partial charge in [0.2, 0.25) is 0 Å². The summed E-state index contributed by atoms with van der Waals surface area (Å²) in [6, 6.07) is 8.86. The van der Waals surface area contributed by atoms with Gasteiger partial charge in [0.15, 0.2) is 0 Å². The van der Waals surface area contributed by atoms with Crippen molar-refractivity contribution >= 4 is 11.9 Å². The van der Waals surface area contributed by atoms with E-state index in [1.165, 1.54) is 24.3 Å². The molecular weight excluding hydrogens is 310 g/mol. The van der Waals surface area contributed by atoms with Gasteiger partial charge in [-0.25, -0.2) is 4.79 Å². The van der Waals surface area contributed by atoms with Crippen LogP contribution in [0.1, 0.15) is 46.4 Å². The van der Waals surface area contributed by atoms with Crippen LogP contribution in [0.2, 0.25) is 0 Å². The summed E-state index contributed by atoms with van der Waals surface area (Å²) in [5.41, 5.74) is 0.509. The van der Waals surface area contributed by atoms with E-state index in [0.717, 1.165) is 0 Å². The standard InChI is InChI=1S/C18H21NO5/c1-12(2)10-23-11-15(16-4-3-9-24-16)19-17(20)13-5-7-14(8-6-13)18(21)22/h3-9,12,15H,10-11H2,1-2H3,(H,19,20)(H,21,22). The minimum absolute atomic E-state index is 0.134. The molecular formula is C18H21NO5. The van der Waals surface area contributed by atoms with Crippen LogP contribution in [0.3, 0.4) is 0 Å². The lowest BCUT2D eigenvalue weighted by Gasteiger charge is -2.18. The smallest absolute Gasteiger partial charge is 0.335 e. The van der Waals surface area contributed by atoms with Gasteiger partial charge < -0.3 is 19.6 Å². The number of carboxylic acids is 1. The first-order valence-corrected chi connectivity index (χ1v) is 7.72. The highest BCUT2D eigenvalue weighted by atomic mass is 16.5. The van der Waals surface area contributed by atoms with Gasteiger partial charge in [0, 0.05) is 12.2 Å². The Bertz CT molecular complexity index is 661. The topological polar surface area (TPSA) is 88.8 Å². The molecule has 0 bridgehead atoms. The number of hydrogen-bond donors (Lipinski definition) is 2. The maximum Gasteiger partial charge on any atom is 0.335 e. The van der Waals surface area contributed by atoms with Crippen LogP contribution in [-0.4, -0.2) is 30.2 Å². The number of rotatable bonds is 8. The Balaban J connectivity index is 2.04. The van der Waals surface area contributed by atoms with Crippen molar-refractivity contribution in [2.45, 2.75) is 19.9 Å². The first-order chi connectivity index (χ1) is 11.5. The highest BCUT2D eigenvalue weighted by Crippen LogP contribution is 2.16. The lowest BCUT2D eigenvalue weighted by atomic mass is 10.1. The van der Waals surface area contributed by atoms with Gasteiger partial charge in [-0.1, -0.05) is 13.8 Å². The van der Waals surface area contributed by atoms with Crippen molar-refractivity contribution < 1.29 is 23.8 Å². The van der Waals surface area contributed by atoms with Gasteiger partial charge in [0.05, 0.1) is 18.4 Å². The number of amides is 1. The second-order valence-corrected chi connectivity index (χ2v) is 5.86. The summed E-state index contributed by atoms with van der Waals surface area (Å²) in [7, 11) is 0. The molecule has 1 unspecified atom stereocenters. The molecule has 1 amide bonds. The minimum Gasteiger partial charge on any atom is -0.478 e. The Kier molecular flexibility index (Phi) is 6.14. The third-order valence-corrected chi connectivity index (χ3v) is 3.32. The van der Waals surface area contributed by atoms with Gasteiger partial charge in [-0.3, -0.25) is 4.79 Å². The van der Waals surface area contributed by atoms with E-state index in [9.17, 15) is 9.59 Å². The zero-order chi connectivity index (χ0) is 17.5. The van der Waals surface area contributed by atoms with Crippen LogP contribution < -0.4 is 5.32 Å². The van der Waals surface area contributed by atoms with Crippen molar-refractivity contribution in [1.82, 2.24) is 5.32 Å². The largest absolute Gasteiger partial charge is 0.478 e. The average molecular weight is 331 g/mol. The third-order valence-electron chi connectivity index (χ3n) is 3.32. The summed E-state index contributed by atoms with van der Waals surface area (Å²) in [6.45, 7) is 4.97. The molecule has 24 heavy (non-hydrogen) atoms. The molecule has 0 aliphatic heterocycles. The van der Waals surface area contributed by atoms with E-state index in [2.05, 4.69) is 5.32 Å². The Morgan fingerprint density at radius 1 is 1.12 bits per heavy atom. The number of carboxylic acid groups (broad SMARTS) is 1. The number of ether oxygens (including phenoxy) is 1. The highest BCUT2D eigenvalue weighted by molar-refractivity contribution is 5.96. The lowest BCUT2D eigenvalue weighted by Crippen LogP contribution is -2.31. The van der Waals surface area contributed by atoms with Gasteiger partial charge in [-0.15, -0.1) is 0 Å². The van der Waals surface area contributed by atoms with E-state index < -0.39 is 12.0 Å². The molecule has 6 nitrogen and oxygen atoms in total. The predicted molar refractivity (Wildman–Crippen MR) is 88.0 cm³/mol. The molecule has 0 saturated carbocycles. The summed E-state index contributed by atoms with van der Waals surface area (Å²) in [5, 5.41) is 11.8. The predicted octanol–water partition coefficient (Wildman–Crippen LogP) is 3.12. The van der Waals surface area contributed by atoms with Crippen molar-refractivity contribution in [3.05, 3.63) is 59.5 Å². The van der Waals surface area contributed by atoms with Crippen molar-refractivity contribution in [2.75, 3.05) is 13.2 Å². The number of aromatic carboxylic acids is 1. The van der Waals surface area contributed by atoms with Gasteiger partial charge in [-0.05, 0) is 42.3 Å².